The molecule has 2 aromatic rings. The van der Waals surface area contributed by atoms with Crippen molar-refractivity contribution >= 4 is 23.5 Å². The number of carbonyl (C=O) groups is 2. The number of ketones is 1. The lowest BCUT2D eigenvalue weighted by Crippen LogP contribution is -2.48. The van der Waals surface area contributed by atoms with E-state index in [0.29, 0.717) is 36.9 Å². The van der Waals surface area contributed by atoms with Gasteiger partial charge in [-0.15, -0.1) is 0 Å². The summed E-state index contributed by atoms with van der Waals surface area (Å²) in [6.07, 6.45) is 4.05. The van der Waals surface area contributed by atoms with Gasteiger partial charge < -0.3 is 14.3 Å². The van der Waals surface area contributed by atoms with Crippen molar-refractivity contribution in [1.29, 1.82) is 0 Å². The number of fused-ring (bicyclic) bond motifs is 1. The minimum atomic E-state index is -1.87. The number of hydrogen-bond donors (Lipinski definition) is 1. The standard InChI is InChI=1S/C21H22N2O5/c24-16(7-8-17-4-3-11-28-17)14-21(26)18-5-1-2-6-19(18)23(20(21)25)15-22-9-12-27-13-10-22/h1-8,11,26H,9-10,12-15H2/b8-7+/t21-/m1/s1. The number of ether oxygens (including phenoxy) is 1. The van der Waals surface area contributed by atoms with E-state index in [1.54, 1.807) is 35.2 Å². The minimum absolute atomic E-state index is 0.320. The fourth-order valence-corrected chi connectivity index (χ4v) is 3.63. The highest BCUT2D eigenvalue weighted by Crippen LogP contribution is 2.42. The molecule has 3 heterocycles. The summed E-state index contributed by atoms with van der Waals surface area (Å²) in [5.74, 6) is -0.289. The van der Waals surface area contributed by atoms with Gasteiger partial charge >= 0.3 is 0 Å². The number of nitrogens with zero attached hydrogens (tertiary/aromatic N) is 2. The van der Waals surface area contributed by atoms with Crippen LogP contribution in [0.4, 0.5) is 5.69 Å². The summed E-state index contributed by atoms with van der Waals surface area (Å²) in [5.41, 5.74) is -0.759. The quantitative estimate of drug-likeness (QED) is 0.767. The molecule has 1 atom stereocenters. The Bertz CT molecular complexity index is 886. The van der Waals surface area contributed by atoms with Crippen molar-refractivity contribution < 1.29 is 23.8 Å². The van der Waals surface area contributed by atoms with Crippen LogP contribution in [0.25, 0.3) is 6.08 Å². The fourth-order valence-electron chi connectivity index (χ4n) is 3.63. The number of hydrogen-bond acceptors (Lipinski definition) is 6. The van der Waals surface area contributed by atoms with Crippen LogP contribution in [-0.2, 0) is 19.9 Å². The van der Waals surface area contributed by atoms with Crippen LogP contribution in [0, 0.1) is 0 Å². The lowest BCUT2D eigenvalue weighted by molar-refractivity contribution is -0.141. The summed E-state index contributed by atoms with van der Waals surface area (Å²) in [6.45, 7) is 3.02. The fraction of sp³-hybridized carbons (Fsp3) is 0.333. The highest BCUT2D eigenvalue weighted by molar-refractivity contribution is 6.10. The Balaban J connectivity index is 1.55. The molecule has 1 saturated heterocycles. The van der Waals surface area contributed by atoms with E-state index in [9.17, 15) is 14.7 Å². The first-order valence-electron chi connectivity index (χ1n) is 9.26. The van der Waals surface area contributed by atoms with Crippen molar-refractivity contribution in [2.24, 2.45) is 0 Å². The Morgan fingerprint density at radius 3 is 2.71 bits per heavy atom. The summed E-state index contributed by atoms with van der Waals surface area (Å²) >= 11 is 0. The Kier molecular flexibility index (Phi) is 5.13. The molecule has 2 aliphatic rings. The van der Waals surface area contributed by atoms with Crippen LogP contribution in [0.5, 0.6) is 0 Å². The lowest BCUT2D eigenvalue weighted by atomic mass is 9.90. The van der Waals surface area contributed by atoms with Gasteiger partial charge in [0.05, 0.1) is 38.3 Å². The number of amides is 1. The van der Waals surface area contributed by atoms with Crippen LogP contribution in [0.2, 0.25) is 0 Å². The van der Waals surface area contributed by atoms with Gasteiger partial charge in [-0.05, 0) is 30.4 Å². The van der Waals surface area contributed by atoms with Gasteiger partial charge in [-0.25, -0.2) is 0 Å². The molecule has 1 N–H and O–H groups in total. The Morgan fingerprint density at radius 1 is 1.18 bits per heavy atom. The highest BCUT2D eigenvalue weighted by Gasteiger charge is 2.50. The van der Waals surface area contributed by atoms with E-state index in [1.807, 2.05) is 6.07 Å². The SMILES string of the molecule is O=C(/C=C/c1ccco1)C[C@]1(O)C(=O)N(CN2CCOCC2)c2ccccc21. The van der Waals surface area contributed by atoms with E-state index in [1.165, 1.54) is 18.4 Å². The average molecular weight is 382 g/mol. The average Bonchev–Trinajstić information content (AvgIpc) is 3.30. The number of aliphatic hydroxyl groups is 1. The number of rotatable bonds is 6. The molecule has 0 aliphatic carbocycles. The maximum Gasteiger partial charge on any atom is 0.265 e. The zero-order chi connectivity index (χ0) is 19.6. The van der Waals surface area contributed by atoms with E-state index >= 15 is 0 Å². The number of anilines is 1. The van der Waals surface area contributed by atoms with Crippen molar-refractivity contribution in [1.82, 2.24) is 4.90 Å². The Hall–Kier alpha value is -2.74. The van der Waals surface area contributed by atoms with Gasteiger partial charge in [-0.2, -0.15) is 0 Å². The molecule has 4 rings (SSSR count). The molecule has 146 valence electrons. The van der Waals surface area contributed by atoms with Crippen molar-refractivity contribution in [3.8, 4) is 0 Å². The molecular weight excluding hydrogens is 360 g/mol. The second-order valence-corrected chi connectivity index (χ2v) is 6.97. The first kappa shape index (κ1) is 18.6. The first-order valence-corrected chi connectivity index (χ1v) is 9.26. The summed E-state index contributed by atoms with van der Waals surface area (Å²) in [6, 6.07) is 10.5. The van der Waals surface area contributed by atoms with Crippen LogP contribution in [0.3, 0.4) is 0 Å². The van der Waals surface area contributed by atoms with Gasteiger partial charge in [0.2, 0.25) is 0 Å². The minimum Gasteiger partial charge on any atom is -0.465 e. The topological polar surface area (TPSA) is 83.2 Å². The Labute approximate surface area is 162 Å². The van der Waals surface area contributed by atoms with Crippen LogP contribution in [0.15, 0.2) is 53.2 Å². The Morgan fingerprint density at radius 2 is 1.96 bits per heavy atom. The van der Waals surface area contributed by atoms with Crippen molar-refractivity contribution in [3.05, 3.63) is 60.1 Å². The van der Waals surface area contributed by atoms with Gasteiger partial charge in [-0.1, -0.05) is 18.2 Å². The molecule has 0 radical (unpaired) electrons. The summed E-state index contributed by atoms with van der Waals surface area (Å²) < 4.78 is 10.5. The summed E-state index contributed by atoms with van der Waals surface area (Å²) in [5, 5.41) is 11.2. The molecule has 1 amide bonds. The third kappa shape index (κ3) is 3.52. The zero-order valence-corrected chi connectivity index (χ0v) is 15.4. The summed E-state index contributed by atoms with van der Waals surface area (Å²) in [7, 11) is 0. The molecule has 1 aromatic carbocycles. The van der Waals surface area contributed by atoms with E-state index < -0.39 is 11.5 Å². The number of morpholine rings is 1. The molecule has 2 aliphatic heterocycles. The third-order valence-corrected chi connectivity index (χ3v) is 5.09. The van der Waals surface area contributed by atoms with Gasteiger partial charge in [0.1, 0.15) is 5.76 Å². The molecule has 0 spiro atoms. The second kappa shape index (κ2) is 7.71. The lowest BCUT2D eigenvalue weighted by Gasteiger charge is -2.31. The molecule has 1 aromatic heterocycles. The van der Waals surface area contributed by atoms with E-state index in [-0.39, 0.29) is 12.2 Å². The van der Waals surface area contributed by atoms with Crippen LogP contribution in [0.1, 0.15) is 17.7 Å². The van der Waals surface area contributed by atoms with Crippen LogP contribution in [-0.4, -0.2) is 54.7 Å². The van der Waals surface area contributed by atoms with Gasteiger partial charge in [0, 0.05) is 18.7 Å². The molecule has 0 saturated carbocycles. The molecule has 28 heavy (non-hydrogen) atoms. The van der Waals surface area contributed by atoms with Gasteiger partial charge in [-0.3, -0.25) is 19.4 Å². The van der Waals surface area contributed by atoms with Crippen LogP contribution >= 0.6 is 0 Å². The maximum atomic E-state index is 13.1. The number of carbonyl (C=O) groups excluding carboxylic acids is 2. The predicted molar refractivity (Wildman–Crippen MR) is 102 cm³/mol. The zero-order valence-electron chi connectivity index (χ0n) is 15.4. The smallest absolute Gasteiger partial charge is 0.265 e. The molecule has 1 fully saturated rings. The second-order valence-electron chi connectivity index (χ2n) is 6.97. The predicted octanol–water partition coefficient (Wildman–Crippen LogP) is 1.78. The van der Waals surface area contributed by atoms with Crippen molar-refractivity contribution in [3.63, 3.8) is 0 Å². The maximum absolute atomic E-state index is 13.1. The molecular formula is C21H22N2O5. The van der Waals surface area contributed by atoms with E-state index in [0.717, 1.165) is 13.1 Å². The first-order chi connectivity index (χ1) is 13.6. The molecule has 0 unspecified atom stereocenters. The molecule has 7 heteroatoms. The highest BCUT2D eigenvalue weighted by atomic mass is 16.5. The van der Waals surface area contributed by atoms with Crippen LogP contribution < -0.4 is 4.90 Å². The van der Waals surface area contributed by atoms with Gasteiger partial charge in [0.25, 0.3) is 5.91 Å². The number of allylic oxidation sites excluding steroid dienone is 1. The molecule has 7 nitrogen and oxygen atoms in total. The monoisotopic (exact) mass is 382 g/mol. The van der Waals surface area contributed by atoms with E-state index in [4.69, 9.17) is 9.15 Å². The largest absolute Gasteiger partial charge is 0.465 e. The van der Waals surface area contributed by atoms with Crippen molar-refractivity contribution in [2.45, 2.75) is 12.0 Å². The number of benzene rings is 1. The van der Waals surface area contributed by atoms with Crippen molar-refractivity contribution in [2.75, 3.05) is 37.9 Å². The number of para-hydroxylation sites is 1. The van der Waals surface area contributed by atoms with E-state index in [2.05, 4.69) is 4.90 Å². The normalized spacial score (nSPS) is 22.8. The third-order valence-electron chi connectivity index (χ3n) is 5.09. The molecule has 0 bridgehead atoms. The van der Waals surface area contributed by atoms with Gasteiger partial charge in [0.15, 0.2) is 11.4 Å². The summed E-state index contributed by atoms with van der Waals surface area (Å²) in [4.78, 5) is 29.3. The number of furan rings is 1.